The fourth-order valence-corrected chi connectivity index (χ4v) is 1.99. The highest BCUT2D eigenvalue weighted by molar-refractivity contribution is 5.76. The number of carbonyl (C=O) groups is 1. The lowest BCUT2D eigenvalue weighted by molar-refractivity contribution is -0.133. The smallest absolute Gasteiger partial charge is 0.227 e. The Morgan fingerprint density at radius 1 is 1.40 bits per heavy atom. The van der Waals surface area contributed by atoms with Gasteiger partial charge < -0.3 is 14.5 Å². The summed E-state index contributed by atoms with van der Waals surface area (Å²) < 4.78 is 5.12. The third-order valence-electron chi connectivity index (χ3n) is 3.04. The molecule has 0 fully saturated rings. The second-order valence-electron chi connectivity index (χ2n) is 5.11. The molecule has 0 atom stereocenters. The molecule has 1 aromatic rings. The van der Waals surface area contributed by atoms with Crippen molar-refractivity contribution in [2.24, 2.45) is 0 Å². The first kappa shape index (κ1) is 16.6. The Morgan fingerprint density at radius 3 is 2.75 bits per heavy atom. The minimum atomic E-state index is 0.0590. The van der Waals surface area contributed by atoms with Gasteiger partial charge in [0.05, 0.1) is 0 Å². The van der Waals surface area contributed by atoms with Gasteiger partial charge in [0.15, 0.2) is 5.82 Å². The molecule has 0 aliphatic heterocycles. The lowest BCUT2D eigenvalue weighted by Gasteiger charge is -2.26. The first-order valence-electron chi connectivity index (χ1n) is 7.30. The molecular weight excluding hydrogens is 258 g/mol. The predicted octanol–water partition coefficient (Wildman–Crippen LogP) is 1.57. The van der Waals surface area contributed by atoms with Gasteiger partial charge >= 0.3 is 0 Å². The van der Waals surface area contributed by atoms with Gasteiger partial charge in [0.25, 0.3) is 0 Å². The van der Waals surface area contributed by atoms with Crippen molar-refractivity contribution in [2.45, 2.75) is 58.9 Å². The van der Waals surface area contributed by atoms with Crippen molar-refractivity contribution in [2.75, 3.05) is 13.2 Å². The van der Waals surface area contributed by atoms with Crippen LogP contribution in [0.3, 0.4) is 0 Å². The van der Waals surface area contributed by atoms with Crippen LogP contribution in [0.25, 0.3) is 0 Å². The zero-order valence-corrected chi connectivity index (χ0v) is 12.6. The average molecular weight is 283 g/mol. The van der Waals surface area contributed by atoms with E-state index in [2.05, 4.69) is 17.1 Å². The average Bonchev–Trinajstić information content (AvgIpc) is 2.84. The van der Waals surface area contributed by atoms with E-state index in [0.717, 1.165) is 12.8 Å². The molecule has 0 saturated carbocycles. The fraction of sp³-hybridized carbons (Fsp3) is 0.786. The molecule has 0 unspecified atom stereocenters. The Labute approximate surface area is 120 Å². The van der Waals surface area contributed by atoms with E-state index in [4.69, 9.17) is 9.63 Å². The number of aryl methyl sites for hydroxylation is 2. The van der Waals surface area contributed by atoms with Crippen LogP contribution in [-0.4, -0.2) is 45.2 Å². The van der Waals surface area contributed by atoms with E-state index in [1.165, 1.54) is 0 Å². The molecule has 1 N–H and O–H groups in total. The topological polar surface area (TPSA) is 79.5 Å². The second kappa shape index (κ2) is 8.68. The summed E-state index contributed by atoms with van der Waals surface area (Å²) >= 11 is 0. The molecular formula is C14H25N3O3. The van der Waals surface area contributed by atoms with Gasteiger partial charge in [-0.15, -0.1) is 0 Å². The highest BCUT2D eigenvalue weighted by Crippen LogP contribution is 2.08. The van der Waals surface area contributed by atoms with Gasteiger partial charge in [-0.3, -0.25) is 4.79 Å². The maximum absolute atomic E-state index is 12.2. The summed E-state index contributed by atoms with van der Waals surface area (Å²) in [7, 11) is 0. The molecule has 1 amide bonds. The van der Waals surface area contributed by atoms with Crippen molar-refractivity contribution < 1.29 is 14.4 Å². The molecule has 114 valence electrons. The van der Waals surface area contributed by atoms with Crippen molar-refractivity contribution >= 4 is 5.91 Å². The molecule has 6 nitrogen and oxygen atoms in total. The van der Waals surface area contributed by atoms with E-state index in [1.54, 1.807) is 4.90 Å². The third kappa shape index (κ3) is 5.28. The largest absolute Gasteiger partial charge is 0.396 e. The summed E-state index contributed by atoms with van der Waals surface area (Å²) in [6, 6.07) is 0.132. The summed E-state index contributed by atoms with van der Waals surface area (Å²) in [5.74, 6) is 1.28. The van der Waals surface area contributed by atoms with Crippen LogP contribution in [0.1, 0.15) is 51.7 Å². The third-order valence-corrected chi connectivity index (χ3v) is 3.04. The Kier molecular flexibility index (Phi) is 7.22. The molecule has 1 rings (SSSR count). The van der Waals surface area contributed by atoms with Crippen LogP contribution >= 0.6 is 0 Å². The summed E-state index contributed by atoms with van der Waals surface area (Å²) in [4.78, 5) is 18.2. The van der Waals surface area contributed by atoms with Gasteiger partial charge in [0.1, 0.15) is 0 Å². The van der Waals surface area contributed by atoms with E-state index < -0.39 is 0 Å². The van der Waals surface area contributed by atoms with Crippen LogP contribution < -0.4 is 0 Å². The van der Waals surface area contributed by atoms with Crippen LogP contribution in [0.5, 0.6) is 0 Å². The number of aliphatic hydroxyl groups excluding tert-OH is 1. The monoisotopic (exact) mass is 283 g/mol. The van der Waals surface area contributed by atoms with Gasteiger partial charge in [-0.1, -0.05) is 12.1 Å². The summed E-state index contributed by atoms with van der Waals surface area (Å²) in [6.45, 7) is 6.68. The molecule has 6 heteroatoms. The van der Waals surface area contributed by atoms with Crippen LogP contribution in [0, 0.1) is 0 Å². The van der Waals surface area contributed by atoms with Crippen molar-refractivity contribution in [1.29, 1.82) is 0 Å². The zero-order chi connectivity index (χ0) is 15.0. The zero-order valence-electron chi connectivity index (χ0n) is 12.6. The van der Waals surface area contributed by atoms with Gasteiger partial charge in [-0.05, 0) is 26.7 Å². The highest BCUT2D eigenvalue weighted by Gasteiger charge is 2.17. The van der Waals surface area contributed by atoms with Crippen LogP contribution in [0.15, 0.2) is 4.52 Å². The summed E-state index contributed by atoms with van der Waals surface area (Å²) in [5, 5.41) is 12.7. The lowest BCUT2D eigenvalue weighted by atomic mass is 10.2. The minimum absolute atomic E-state index is 0.0590. The number of amides is 1. The predicted molar refractivity (Wildman–Crippen MR) is 75.2 cm³/mol. The maximum atomic E-state index is 12.2. The number of carbonyl (C=O) groups excluding carboxylic acids is 1. The molecule has 1 heterocycles. The quantitative estimate of drug-likeness (QED) is 0.744. The molecule has 20 heavy (non-hydrogen) atoms. The van der Waals surface area contributed by atoms with Crippen LogP contribution in [0.4, 0.5) is 0 Å². The standard InChI is InChI=1S/C14H25N3O3/c1-4-6-12-15-13(20-16-12)7-8-14(19)17(11(2)3)9-5-10-18/h11,18H,4-10H2,1-3H3. The fourth-order valence-electron chi connectivity index (χ4n) is 1.99. The molecule has 0 bridgehead atoms. The van der Waals surface area contributed by atoms with E-state index in [-0.39, 0.29) is 18.6 Å². The Morgan fingerprint density at radius 2 is 2.15 bits per heavy atom. The first-order chi connectivity index (χ1) is 9.58. The van der Waals surface area contributed by atoms with Crippen molar-refractivity contribution in [1.82, 2.24) is 15.0 Å². The molecule has 0 aliphatic rings. The number of rotatable bonds is 9. The summed E-state index contributed by atoms with van der Waals surface area (Å²) in [6.07, 6.45) is 3.20. The second-order valence-corrected chi connectivity index (χ2v) is 5.11. The maximum Gasteiger partial charge on any atom is 0.227 e. The van der Waals surface area contributed by atoms with Crippen molar-refractivity contribution in [3.05, 3.63) is 11.7 Å². The Bertz CT molecular complexity index is 404. The molecule has 0 spiro atoms. The molecule has 1 aromatic heterocycles. The van der Waals surface area contributed by atoms with E-state index in [0.29, 0.717) is 37.5 Å². The first-order valence-corrected chi connectivity index (χ1v) is 7.30. The molecule has 0 aromatic carbocycles. The molecule has 0 radical (unpaired) electrons. The minimum Gasteiger partial charge on any atom is -0.396 e. The summed E-state index contributed by atoms with van der Waals surface area (Å²) in [5.41, 5.74) is 0. The van der Waals surface area contributed by atoms with Crippen molar-refractivity contribution in [3.63, 3.8) is 0 Å². The van der Waals surface area contributed by atoms with Gasteiger partial charge in [-0.25, -0.2) is 0 Å². The molecule has 0 aliphatic carbocycles. The number of nitrogens with zero attached hydrogens (tertiary/aromatic N) is 3. The Balaban J connectivity index is 2.46. The number of aromatic nitrogens is 2. The van der Waals surface area contributed by atoms with Gasteiger partial charge in [-0.2, -0.15) is 4.98 Å². The van der Waals surface area contributed by atoms with Crippen LogP contribution in [-0.2, 0) is 17.6 Å². The molecule has 0 saturated heterocycles. The van der Waals surface area contributed by atoms with E-state index >= 15 is 0 Å². The number of hydrogen-bond acceptors (Lipinski definition) is 5. The van der Waals surface area contributed by atoms with E-state index in [9.17, 15) is 4.79 Å². The van der Waals surface area contributed by atoms with Crippen molar-refractivity contribution in [3.8, 4) is 0 Å². The SMILES string of the molecule is CCCc1noc(CCC(=O)N(CCCO)C(C)C)n1. The highest BCUT2D eigenvalue weighted by atomic mass is 16.5. The van der Waals surface area contributed by atoms with Gasteiger partial charge in [0, 0.05) is 38.5 Å². The normalized spacial score (nSPS) is 11.1. The van der Waals surface area contributed by atoms with Gasteiger partial charge in [0.2, 0.25) is 11.8 Å². The number of hydrogen-bond donors (Lipinski definition) is 1. The Hall–Kier alpha value is -1.43. The van der Waals surface area contributed by atoms with Crippen LogP contribution in [0.2, 0.25) is 0 Å². The number of aliphatic hydroxyl groups is 1. The lowest BCUT2D eigenvalue weighted by Crippen LogP contribution is -2.38. The van der Waals surface area contributed by atoms with E-state index in [1.807, 2.05) is 13.8 Å².